The van der Waals surface area contributed by atoms with Gasteiger partial charge in [-0.05, 0) is 41.9 Å². The molecule has 0 aliphatic heterocycles. The van der Waals surface area contributed by atoms with Crippen molar-refractivity contribution in [3.8, 4) is 5.75 Å². The summed E-state index contributed by atoms with van der Waals surface area (Å²) in [5.74, 6) is -0.386. The zero-order valence-electron chi connectivity index (χ0n) is 11.9. The maximum absolute atomic E-state index is 12.3. The first kappa shape index (κ1) is 17.6. The number of rotatable bonds is 5. The number of azide groups is 1. The van der Waals surface area contributed by atoms with Gasteiger partial charge in [0.25, 0.3) is 10.0 Å². The van der Waals surface area contributed by atoms with Crippen molar-refractivity contribution < 1.29 is 21.9 Å². The van der Waals surface area contributed by atoms with Gasteiger partial charge in [0.15, 0.2) is 0 Å². The number of nitrogens with zero attached hydrogens (tertiary/aromatic N) is 3. The molecule has 0 spiro atoms. The summed E-state index contributed by atoms with van der Waals surface area (Å²) >= 11 is 0. The van der Waals surface area contributed by atoms with Crippen LogP contribution in [0.4, 0.5) is 11.4 Å². The predicted molar refractivity (Wildman–Crippen MR) is 85.5 cm³/mol. The van der Waals surface area contributed by atoms with Crippen LogP contribution < -0.4 is 9.86 Å². The highest BCUT2D eigenvalue weighted by atomic mass is 32.2. The monoisotopic (exact) mass is 369 g/mol. The molecular weight excluding hydrogens is 358 g/mol. The third-order valence-electron chi connectivity index (χ3n) is 2.82. The fourth-order valence-electron chi connectivity index (χ4n) is 1.75. The van der Waals surface area contributed by atoms with Gasteiger partial charge in [-0.15, -0.1) is 0 Å². The highest BCUT2D eigenvalue weighted by Crippen LogP contribution is 2.30. The summed E-state index contributed by atoms with van der Waals surface area (Å²) in [5, 5.41) is 17.7. The summed E-state index contributed by atoms with van der Waals surface area (Å²) in [5.41, 5.74) is 8.10. The van der Waals surface area contributed by atoms with E-state index >= 15 is 0 Å². The lowest BCUT2D eigenvalue weighted by Crippen LogP contribution is -2.15. The van der Waals surface area contributed by atoms with Gasteiger partial charge in [0.2, 0.25) is 10.0 Å². The Kier molecular flexibility index (Phi) is 4.66. The van der Waals surface area contributed by atoms with E-state index in [-0.39, 0.29) is 26.9 Å². The topological polar surface area (TPSA) is 175 Å². The fraction of sp³-hybridized carbons (Fsp3) is 0. The normalized spacial score (nSPS) is 11.5. The van der Waals surface area contributed by atoms with Crippen LogP contribution in [0, 0.1) is 0 Å². The molecule has 126 valence electrons. The van der Waals surface area contributed by atoms with Gasteiger partial charge >= 0.3 is 0 Å². The number of phenolic OH excluding ortho intramolecular Hbond substituents is 1. The van der Waals surface area contributed by atoms with Crippen molar-refractivity contribution >= 4 is 31.4 Å². The van der Waals surface area contributed by atoms with E-state index < -0.39 is 20.0 Å². The molecule has 0 aliphatic rings. The minimum Gasteiger partial charge on any atom is -0.507 e. The highest BCUT2D eigenvalue weighted by Gasteiger charge is 2.17. The fourth-order valence-corrected chi connectivity index (χ4v) is 3.38. The van der Waals surface area contributed by atoms with Gasteiger partial charge in [-0.1, -0.05) is 11.2 Å². The number of nitrogens with two attached hydrogens (primary N) is 1. The Hall–Kier alpha value is -2.79. The summed E-state index contributed by atoms with van der Waals surface area (Å²) in [6, 6.07) is 8.05. The predicted octanol–water partition coefficient (Wildman–Crippen LogP) is 1.78. The van der Waals surface area contributed by atoms with Crippen LogP contribution in [0.2, 0.25) is 0 Å². The molecule has 24 heavy (non-hydrogen) atoms. The maximum atomic E-state index is 12.3. The molecule has 0 radical (unpaired) electrons. The van der Waals surface area contributed by atoms with E-state index in [1.807, 2.05) is 0 Å². The lowest BCUT2D eigenvalue weighted by molar-refractivity contribution is 0.476. The van der Waals surface area contributed by atoms with E-state index in [4.69, 9.17) is 10.7 Å². The van der Waals surface area contributed by atoms with Crippen molar-refractivity contribution in [3.63, 3.8) is 0 Å². The molecule has 0 amide bonds. The number of primary sulfonamides is 1. The first-order chi connectivity index (χ1) is 11.1. The molecule has 0 atom stereocenters. The van der Waals surface area contributed by atoms with Crippen LogP contribution in [0.15, 0.2) is 57.4 Å². The summed E-state index contributed by atoms with van der Waals surface area (Å²) < 4.78 is 49.4. The Morgan fingerprint density at radius 1 is 1.08 bits per heavy atom. The molecule has 0 heterocycles. The highest BCUT2D eigenvalue weighted by molar-refractivity contribution is 7.92. The quantitative estimate of drug-likeness (QED) is 0.413. The van der Waals surface area contributed by atoms with Crippen molar-refractivity contribution in [1.82, 2.24) is 0 Å². The van der Waals surface area contributed by atoms with Crippen molar-refractivity contribution in [2.75, 3.05) is 4.72 Å². The van der Waals surface area contributed by atoms with Gasteiger partial charge in [0.1, 0.15) is 5.75 Å². The Bertz CT molecular complexity index is 1040. The zero-order chi connectivity index (χ0) is 18.0. The van der Waals surface area contributed by atoms with Gasteiger partial charge in [-0.2, -0.15) is 0 Å². The number of phenols is 1. The number of sulfonamides is 2. The van der Waals surface area contributed by atoms with E-state index in [9.17, 15) is 21.9 Å². The van der Waals surface area contributed by atoms with E-state index in [1.54, 1.807) is 0 Å². The van der Waals surface area contributed by atoms with Crippen molar-refractivity contribution in [2.24, 2.45) is 10.3 Å². The van der Waals surface area contributed by atoms with Crippen LogP contribution >= 0.6 is 0 Å². The lowest BCUT2D eigenvalue weighted by Gasteiger charge is -2.10. The molecule has 12 heteroatoms. The molecule has 0 bridgehead atoms. The molecule has 2 rings (SSSR count). The van der Waals surface area contributed by atoms with Crippen molar-refractivity contribution in [3.05, 3.63) is 52.9 Å². The molecule has 2 aromatic rings. The molecular formula is C12H11N5O5S2. The largest absolute Gasteiger partial charge is 0.507 e. The summed E-state index contributed by atoms with van der Waals surface area (Å²) in [6.07, 6.45) is 0. The maximum Gasteiger partial charge on any atom is 0.261 e. The minimum absolute atomic E-state index is 0.0278. The Morgan fingerprint density at radius 3 is 2.42 bits per heavy atom. The second-order valence-electron chi connectivity index (χ2n) is 4.52. The standard InChI is InChI=1S/C12H11N5O5S2/c13-17-15-11-7-10(4-5-12(11)18)24(21,22)16-8-2-1-3-9(6-8)23(14,19)20/h1-7,16,18H,(H2,14,19,20). The molecule has 2 aromatic carbocycles. The number of hydrogen-bond acceptors (Lipinski definition) is 6. The summed E-state index contributed by atoms with van der Waals surface area (Å²) in [6.45, 7) is 0. The average molecular weight is 369 g/mol. The van der Waals surface area contributed by atoms with E-state index in [1.165, 1.54) is 18.2 Å². The van der Waals surface area contributed by atoms with Crippen LogP contribution in [0.25, 0.3) is 10.4 Å². The number of nitrogens with one attached hydrogen (secondary N) is 1. The van der Waals surface area contributed by atoms with E-state index in [0.717, 1.165) is 24.3 Å². The molecule has 0 saturated heterocycles. The Morgan fingerprint density at radius 2 is 1.79 bits per heavy atom. The summed E-state index contributed by atoms with van der Waals surface area (Å²) in [4.78, 5) is 1.93. The first-order valence-corrected chi connectivity index (χ1v) is 9.20. The molecule has 0 aromatic heterocycles. The molecule has 0 saturated carbocycles. The Balaban J connectivity index is 2.43. The summed E-state index contributed by atoms with van der Waals surface area (Å²) in [7, 11) is -8.10. The number of aromatic hydroxyl groups is 1. The van der Waals surface area contributed by atoms with Crippen LogP contribution in [0.3, 0.4) is 0 Å². The van der Waals surface area contributed by atoms with Crippen molar-refractivity contribution in [2.45, 2.75) is 9.79 Å². The zero-order valence-corrected chi connectivity index (χ0v) is 13.5. The molecule has 0 fully saturated rings. The molecule has 10 nitrogen and oxygen atoms in total. The van der Waals surface area contributed by atoms with Gasteiger partial charge in [-0.25, -0.2) is 22.0 Å². The third kappa shape index (κ3) is 3.94. The average Bonchev–Trinajstić information content (AvgIpc) is 2.48. The van der Waals surface area contributed by atoms with Gasteiger partial charge < -0.3 is 5.11 Å². The van der Waals surface area contributed by atoms with Crippen LogP contribution in [-0.2, 0) is 20.0 Å². The number of benzene rings is 2. The second kappa shape index (κ2) is 6.37. The van der Waals surface area contributed by atoms with Gasteiger partial charge in [0, 0.05) is 4.91 Å². The lowest BCUT2D eigenvalue weighted by atomic mass is 10.3. The van der Waals surface area contributed by atoms with E-state index in [0.29, 0.717) is 0 Å². The van der Waals surface area contributed by atoms with Crippen LogP contribution in [-0.4, -0.2) is 21.9 Å². The van der Waals surface area contributed by atoms with Crippen LogP contribution in [0.5, 0.6) is 5.75 Å². The first-order valence-electron chi connectivity index (χ1n) is 6.17. The van der Waals surface area contributed by atoms with E-state index in [2.05, 4.69) is 14.7 Å². The Labute approximate surface area is 137 Å². The minimum atomic E-state index is -4.11. The van der Waals surface area contributed by atoms with Crippen LogP contribution in [0.1, 0.15) is 0 Å². The van der Waals surface area contributed by atoms with Gasteiger partial charge in [-0.3, -0.25) is 4.72 Å². The smallest absolute Gasteiger partial charge is 0.261 e. The van der Waals surface area contributed by atoms with Crippen molar-refractivity contribution in [1.29, 1.82) is 0 Å². The second-order valence-corrected chi connectivity index (χ2v) is 7.76. The SMILES string of the molecule is [N-]=[N+]=Nc1cc(S(=O)(=O)Nc2cccc(S(N)(=O)=O)c2)ccc1O. The number of anilines is 1. The molecule has 0 unspecified atom stereocenters. The third-order valence-corrected chi connectivity index (χ3v) is 5.11. The molecule has 4 N–H and O–H groups in total. The number of hydrogen-bond donors (Lipinski definition) is 3. The van der Waals surface area contributed by atoms with Gasteiger partial charge in [0.05, 0.1) is 21.2 Å². The molecule has 0 aliphatic carbocycles.